The largest absolute Gasteiger partial charge is 0.368 e. The highest BCUT2D eigenvalue weighted by Gasteiger charge is 2.39. The van der Waals surface area contributed by atoms with Crippen LogP contribution >= 0.6 is 0 Å². The summed E-state index contributed by atoms with van der Waals surface area (Å²) in [4.78, 5) is 29.7. The highest BCUT2D eigenvalue weighted by Crippen LogP contribution is 2.26. The third-order valence-corrected chi connectivity index (χ3v) is 5.57. The highest BCUT2D eigenvalue weighted by atomic mass is 16.5. The van der Waals surface area contributed by atoms with Crippen molar-refractivity contribution in [3.05, 3.63) is 35.9 Å². The first-order valence-electron chi connectivity index (χ1n) is 10.3. The minimum atomic E-state index is -0.265. The van der Waals surface area contributed by atoms with Crippen molar-refractivity contribution >= 4 is 11.8 Å². The molecule has 0 spiro atoms. The molecule has 6 heteroatoms. The second-order valence-corrected chi connectivity index (χ2v) is 8.83. The molecule has 2 aliphatic rings. The fourth-order valence-corrected chi connectivity index (χ4v) is 4.17. The lowest BCUT2D eigenvalue weighted by Gasteiger charge is -2.43. The molecule has 0 radical (unpaired) electrons. The van der Waals surface area contributed by atoms with E-state index in [0.717, 1.165) is 18.4 Å². The summed E-state index contributed by atoms with van der Waals surface area (Å²) in [6, 6.07) is 9.74. The average Bonchev–Trinajstić information content (AvgIpc) is 3.21. The summed E-state index contributed by atoms with van der Waals surface area (Å²) in [5, 5.41) is 3.10. The summed E-state index contributed by atoms with van der Waals surface area (Å²) < 4.78 is 5.54. The van der Waals surface area contributed by atoms with E-state index in [0.29, 0.717) is 39.3 Å². The van der Waals surface area contributed by atoms with Gasteiger partial charge in [-0.25, -0.2) is 0 Å². The monoisotopic (exact) mass is 387 g/mol. The lowest BCUT2D eigenvalue weighted by Crippen LogP contribution is -2.60. The standard InChI is InChI=1S/C22H33N3O3/c1-22(2,3)19(20(26)23-16-17-8-5-4-6-9-17)24-11-13-25(14-12-24)21(27)18-10-7-15-28-18/h4-6,8-9,18-19H,7,10-16H2,1-3H3,(H,23,26). The second-order valence-electron chi connectivity index (χ2n) is 8.83. The smallest absolute Gasteiger partial charge is 0.251 e. The summed E-state index contributed by atoms with van der Waals surface area (Å²) in [5.74, 6) is 0.160. The maximum atomic E-state index is 13.0. The Morgan fingerprint density at radius 1 is 1.14 bits per heavy atom. The Bertz CT molecular complexity index is 657. The molecule has 0 saturated carbocycles. The van der Waals surface area contributed by atoms with Gasteiger partial charge in [-0.15, -0.1) is 0 Å². The van der Waals surface area contributed by atoms with E-state index in [-0.39, 0.29) is 29.4 Å². The molecule has 2 fully saturated rings. The van der Waals surface area contributed by atoms with E-state index in [9.17, 15) is 9.59 Å². The first-order valence-corrected chi connectivity index (χ1v) is 10.3. The van der Waals surface area contributed by atoms with Crippen LogP contribution < -0.4 is 5.32 Å². The lowest BCUT2D eigenvalue weighted by molar-refractivity contribution is -0.144. The van der Waals surface area contributed by atoms with Crippen LogP contribution in [0.2, 0.25) is 0 Å². The van der Waals surface area contributed by atoms with Gasteiger partial charge in [0, 0.05) is 39.3 Å². The van der Waals surface area contributed by atoms with Crippen molar-refractivity contribution in [2.75, 3.05) is 32.8 Å². The summed E-state index contributed by atoms with van der Waals surface area (Å²) in [5.41, 5.74) is 0.900. The van der Waals surface area contributed by atoms with Crippen LogP contribution in [-0.2, 0) is 20.9 Å². The zero-order valence-electron chi connectivity index (χ0n) is 17.3. The van der Waals surface area contributed by atoms with E-state index < -0.39 is 0 Å². The van der Waals surface area contributed by atoms with Crippen molar-refractivity contribution in [1.82, 2.24) is 15.1 Å². The number of nitrogens with one attached hydrogen (secondary N) is 1. The average molecular weight is 388 g/mol. The Labute approximate surface area is 168 Å². The number of hydrogen-bond acceptors (Lipinski definition) is 4. The van der Waals surface area contributed by atoms with Crippen LogP contribution in [0.5, 0.6) is 0 Å². The number of ether oxygens (including phenoxy) is 1. The highest BCUT2D eigenvalue weighted by molar-refractivity contribution is 5.83. The molecule has 6 nitrogen and oxygen atoms in total. The van der Waals surface area contributed by atoms with Gasteiger partial charge >= 0.3 is 0 Å². The summed E-state index contributed by atoms with van der Waals surface area (Å²) in [6.45, 7) is 10.2. The van der Waals surface area contributed by atoms with Crippen LogP contribution in [0.4, 0.5) is 0 Å². The number of benzene rings is 1. The van der Waals surface area contributed by atoms with Crippen LogP contribution in [0.25, 0.3) is 0 Å². The second kappa shape index (κ2) is 9.05. The zero-order chi connectivity index (χ0) is 20.1. The lowest BCUT2D eigenvalue weighted by atomic mass is 9.84. The molecule has 2 heterocycles. The molecule has 3 rings (SSSR count). The summed E-state index contributed by atoms with van der Waals surface area (Å²) in [7, 11) is 0. The number of hydrogen-bond donors (Lipinski definition) is 1. The summed E-state index contributed by atoms with van der Waals surface area (Å²) >= 11 is 0. The topological polar surface area (TPSA) is 61.9 Å². The van der Waals surface area contributed by atoms with Crippen LogP contribution in [0.3, 0.4) is 0 Å². The van der Waals surface area contributed by atoms with Crippen molar-refractivity contribution in [2.45, 2.75) is 52.3 Å². The maximum Gasteiger partial charge on any atom is 0.251 e. The van der Waals surface area contributed by atoms with Gasteiger partial charge in [0.05, 0.1) is 6.04 Å². The van der Waals surface area contributed by atoms with Crippen LogP contribution in [-0.4, -0.2) is 66.5 Å². The molecule has 0 aromatic heterocycles. The van der Waals surface area contributed by atoms with Gasteiger partial charge < -0.3 is 15.0 Å². The van der Waals surface area contributed by atoms with Gasteiger partial charge in [0.25, 0.3) is 5.91 Å². The van der Waals surface area contributed by atoms with Gasteiger partial charge in [0.1, 0.15) is 6.10 Å². The van der Waals surface area contributed by atoms with E-state index in [1.54, 1.807) is 0 Å². The summed E-state index contributed by atoms with van der Waals surface area (Å²) in [6.07, 6.45) is 1.52. The van der Waals surface area contributed by atoms with Crippen molar-refractivity contribution < 1.29 is 14.3 Å². The number of rotatable bonds is 5. The molecule has 0 aliphatic carbocycles. The fourth-order valence-electron chi connectivity index (χ4n) is 4.17. The SMILES string of the molecule is CC(C)(C)C(C(=O)NCc1ccccc1)N1CCN(C(=O)C2CCCO2)CC1. The first kappa shape index (κ1) is 20.8. The van der Waals surface area contributed by atoms with Crippen molar-refractivity contribution in [2.24, 2.45) is 5.41 Å². The predicted molar refractivity (Wildman–Crippen MR) is 109 cm³/mol. The van der Waals surface area contributed by atoms with E-state index in [4.69, 9.17) is 4.74 Å². The molecule has 2 atom stereocenters. The van der Waals surface area contributed by atoms with E-state index in [1.165, 1.54) is 0 Å². The number of carbonyl (C=O) groups is 2. The molecule has 2 amide bonds. The fraction of sp³-hybridized carbons (Fsp3) is 0.636. The Morgan fingerprint density at radius 3 is 2.39 bits per heavy atom. The van der Waals surface area contributed by atoms with E-state index in [1.807, 2.05) is 35.2 Å². The van der Waals surface area contributed by atoms with Crippen LogP contribution in [0, 0.1) is 5.41 Å². The zero-order valence-corrected chi connectivity index (χ0v) is 17.3. The molecule has 28 heavy (non-hydrogen) atoms. The quantitative estimate of drug-likeness (QED) is 0.840. The van der Waals surface area contributed by atoms with Gasteiger partial charge in [-0.3, -0.25) is 14.5 Å². The molecule has 1 aromatic carbocycles. The minimum Gasteiger partial charge on any atom is -0.368 e. The van der Waals surface area contributed by atoms with Crippen molar-refractivity contribution in [3.8, 4) is 0 Å². The van der Waals surface area contributed by atoms with Crippen molar-refractivity contribution in [1.29, 1.82) is 0 Å². The maximum absolute atomic E-state index is 13.0. The van der Waals surface area contributed by atoms with Crippen molar-refractivity contribution in [3.63, 3.8) is 0 Å². The molecule has 1 aromatic rings. The molecule has 2 aliphatic heterocycles. The van der Waals surface area contributed by atoms with Gasteiger partial charge in [-0.05, 0) is 23.8 Å². The van der Waals surface area contributed by atoms with Gasteiger partial charge in [0.2, 0.25) is 5.91 Å². The van der Waals surface area contributed by atoms with Gasteiger partial charge in [0.15, 0.2) is 0 Å². The number of piperazine rings is 1. The Morgan fingerprint density at radius 2 is 1.82 bits per heavy atom. The van der Waals surface area contributed by atoms with Crippen LogP contribution in [0.15, 0.2) is 30.3 Å². The minimum absolute atomic E-state index is 0.0512. The Hall–Kier alpha value is -1.92. The van der Waals surface area contributed by atoms with Gasteiger partial charge in [-0.2, -0.15) is 0 Å². The van der Waals surface area contributed by atoms with E-state index >= 15 is 0 Å². The third kappa shape index (κ3) is 5.11. The predicted octanol–water partition coefficient (Wildman–Crippen LogP) is 2.04. The molecule has 1 N–H and O–H groups in total. The molecular formula is C22H33N3O3. The van der Waals surface area contributed by atoms with Crippen LogP contribution in [0.1, 0.15) is 39.2 Å². The molecule has 2 unspecified atom stereocenters. The Kier molecular flexibility index (Phi) is 6.73. The van der Waals surface area contributed by atoms with Gasteiger partial charge in [-0.1, -0.05) is 51.1 Å². The molecule has 154 valence electrons. The Balaban J connectivity index is 1.58. The number of amides is 2. The number of carbonyl (C=O) groups excluding carboxylic acids is 2. The molecular weight excluding hydrogens is 354 g/mol. The third-order valence-electron chi connectivity index (χ3n) is 5.57. The van der Waals surface area contributed by atoms with E-state index in [2.05, 4.69) is 31.0 Å². The normalized spacial score (nSPS) is 22.1. The molecule has 2 saturated heterocycles. The number of nitrogens with zero attached hydrogens (tertiary/aromatic N) is 2. The molecule has 0 bridgehead atoms. The first-order chi connectivity index (χ1) is 13.4.